The standard InChI is InChI=1S/C16H18N2O/c1-12(13-6-8-17-9-7-13)18-10-14-11-19-16-5-3-2-4-15(14)16/h2-9,12,14,18H,10-11H2,1H3/t12-,14?/m0/s1. The average Bonchev–Trinajstić information content (AvgIpc) is 2.89. The molecule has 2 aromatic rings. The van der Waals surface area contributed by atoms with Crippen molar-refractivity contribution >= 4 is 0 Å². The predicted molar refractivity (Wildman–Crippen MR) is 75.3 cm³/mol. The quantitative estimate of drug-likeness (QED) is 0.911. The molecule has 0 saturated heterocycles. The maximum absolute atomic E-state index is 5.70. The molecule has 0 fully saturated rings. The number of ether oxygens (including phenoxy) is 1. The zero-order valence-electron chi connectivity index (χ0n) is 11.0. The Morgan fingerprint density at radius 2 is 2.05 bits per heavy atom. The lowest BCUT2D eigenvalue weighted by atomic mass is 10.0. The fourth-order valence-corrected chi connectivity index (χ4v) is 2.49. The Balaban J connectivity index is 1.62. The van der Waals surface area contributed by atoms with E-state index in [0.717, 1.165) is 18.9 Å². The van der Waals surface area contributed by atoms with Gasteiger partial charge in [0.1, 0.15) is 5.75 Å². The summed E-state index contributed by atoms with van der Waals surface area (Å²) >= 11 is 0. The minimum Gasteiger partial charge on any atom is -0.493 e. The minimum atomic E-state index is 0.329. The van der Waals surface area contributed by atoms with Crippen LogP contribution in [0.15, 0.2) is 48.8 Å². The van der Waals surface area contributed by atoms with Crippen molar-refractivity contribution in [3.8, 4) is 5.75 Å². The first-order valence-corrected chi connectivity index (χ1v) is 6.69. The highest BCUT2D eigenvalue weighted by molar-refractivity contribution is 5.39. The van der Waals surface area contributed by atoms with Gasteiger partial charge in [0.15, 0.2) is 0 Å². The van der Waals surface area contributed by atoms with E-state index in [9.17, 15) is 0 Å². The number of aromatic nitrogens is 1. The summed E-state index contributed by atoms with van der Waals surface area (Å²) in [7, 11) is 0. The Labute approximate surface area is 113 Å². The molecule has 2 heterocycles. The van der Waals surface area contributed by atoms with Crippen LogP contribution in [0.5, 0.6) is 5.75 Å². The van der Waals surface area contributed by atoms with Crippen molar-refractivity contribution in [3.05, 3.63) is 59.9 Å². The van der Waals surface area contributed by atoms with E-state index >= 15 is 0 Å². The minimum absolute atomic E-state index is 0.329. The van der Waals surface area contributed by atoms with Gasteiger partial charge in [-0.3, -0.25) is 4.98 Å². The number of nitrogens with one attached hydrogen (secondary N) is 1. The molecule has 0 aliphatic carbocycles. The summed E-state index contributed by atoms with van der Waals surface area (Å²) in [5.41, 5.74) is 2.58. The average molecular weight is 254 g/mol. The number of hydrogen-bond acceptors (Lipinski definition) is 3. The van der Waals surface area contributed by atoms with Crippen molar-refractivity contribution in [2.75, 3.05) is 13.2 Å². The molecular weight excluding hydrogens is 236 g/mol. The van der Waals surface area contributed by atoms with Crippen molar-refractivity contribution in [2.24, 2.45) is 0 Å². The Morgan fingerprint density at radius 3 is 2.89 bits per heavy atom. The first-order valence-electron chi connectivity index (χ1n) is 6.69. The molecule has 0 spiro atoms. The van der Waals surface area contributed by atoms with E-state index < -0.39 is 0 Å². The summed E-state index contributed by atoms with van der Waals surface area (Å²) < 4.78 is 5.70. The molecule has 1 aromatic heterocycles. The van der Waals surface area contributed by atoms with E-state index in [4.69, 9.17) is 4.74 Å². The highest BCUT2D eigenvalue weighted by Gasteiger charge is 2.23. The van der Waals surface area contributed by atoms with Crippen LogP contribution >= 0.6 is 0 Å². The number of benzene rings is 1. The van der Waals surface area contributed by atoms with Gasteiger partial charge in [0.25, 0.3) is 0 Å². The van der Waals surface area contributed by atoms with Crippen LogP contribution in [0.1, 0.15) is 30.0 Å². The molecule has 3 heteroatoms. The topological polar surface area (TPSA) is 34.1 Å². The zero-order chi connectivity index (χ0) is 13.1. The van der Waals surface area contributed by atoms with Crippen molar-refractivity contribution in [3.63, 3.8) is 0 Å². The number of fused-ring (bicyclic) bond motifs is 1. The zero-order valence-corrected chi connectivity index (χ0v) is 11.0. The van der Waals surface area contributed by atoms with Gasteiger partial charge in [-0.15, -0.1) is 0 Å². The van der Waals surface area contributed by atoms with Crippen LogP contribution in [0, 0.1) is 0 Å². The molecule has 19 heavy (non-hydrogen) atoms. The molecular formula is C16H18N2O. The molecule has 3 nitrogen and oxygen atoms in total. The number of hydrogen-bond donors (Lipinski definition) is 1. The lowest BCUT2D eigenvalue weighted by Crippen LogP contribution is -2.25. The van der Waals surface area contributed by atoms with Crippen molar-refractivity contribution < 1.29 is 4.74 Å². The van der Waals surface area contributed by atoms with Gasteiger partial charge in [0, 0.05) is 36.5 Å². The van der Waals surface area contributed by atoms with Crippen LogP contribution in [0.3, 0.4) is 0 Å². The van der Waals surface area contributed by atoms with E-state index in [0.29, 0.717) is 12.0 Å². The molecule has 1 aliphatic rings. The van der Waals surface area contributed by atoms with Gasteiger partial charge in [-0.1, -0.05) is 18.2 Å². The van der Waals surface area contributed by atoms with Gasteiger partial charge in [-0.2, -0.15) is 0 Å². The molecule has 98 valence electrons. The highest BCUT2D eigenvalue weighted by Crippen LogP contribution is 2.33. The van der Waals surface area contributed by atoms with Gasteiger partial charge in [-0.05, 0) is 30.7 Å². The molecule has 0 amide bonds. The van der Waals surface area contributed by atoms with E-state index in [1.165, 1.54) is 11.1 Å². The van der Waals surface area contributed by atoms with Gasteiger partial charge < -0.3 is 10.1 Å². The second-order valence-corrected chi connectivity index (χ2v) is 4.96. The molecule has 1 N–H and O–H groups in total. The van der Waals surface area contributed by atoms with Crippen LogP contribution in [-0.4, -0.2) is 18.1 Å². The third-order valence-electron chi connectivity index (χ3n) is 3.68. The van der Waals surface area contributed by atoms with E-state index in [1.807, 2.05) is 24.5 Å². The van der Waals surface area contributed by atoms with Crippen molar-refractivity contribution in [1.82, 2.24) is 10.3 Å². The lowest BCUT2D eigenvalue weighted by Gasteiger charge is -2.17. The van der Waals surface area contributed by atoms with Gasteiger partial charge in [-0.25, -0.2) is 0 Å². The smallest absolute Gasteiger partial charge is 0.122 e. The Kier molecular flexibility index (Phi) is 3.47. The SMILES string of the molecule is C[C@H](NCC1COc2ccccc21)c1ccncc1. The van der Waals surface area contributed by atoms with Crippen molar-refractivity contribution in [2.45, 2.75) is 18.9 Å². The summed E-state index contributed by atoms with van der Waals surface area (Å²) in [4.78, 5) is 4.05. The molecule has 3 rings (SSSR count). The molecule has 1 unspecified atom stereocenters. The summed E-state index contributed by atoms with van der Waals surface area (Å²) in [5, 5.41) is 3.57. The Bertz CT molecular complexity index is 541. The Hall–Kier alpha value is -1.87. The van der Waals surface area contributed by atoms with E-state index in [1.54, 1.807) is 0 Å². The van der Waals surface area contributed by atoms with Gasteiger partial charge in [0.2, 0.25) is 0 Å². The van der Waals surface area contributed by atoms with Crippen molar-refractivity contribution in [1.29, 1.82) is 0 Å². The van der Waals surface area contributed by atoms with Crippen LogP contribution in [0.2, 0.25) is 0 Å². The largest absolute Gasteiger partial charge is 0.493 e. The van der Waals surface area contributed by atoms with Crippen LogP contribution in [-0.2, 0) is 0 Å². The third kappa shape index (κ3) is 2.61. The maximum atomic E-state index is 5.70. The first kappa shape index (κ1) is 12.2. The molecule has 2 atom stereocenters. The second-order valence-electron chi connectivity index (χ2n) is 4.96. The first-order chi connectivity index (χ1) is 9.34. The monoisotopic (exact) mass is 254 g/mol. The number of pyridine rings is 1. The van der Waals surface area contributed by atoms with Gasteiger partial charge in [0.05, 0.1) is 6.61 Å². The number of nitrogens with zero attached hydrogens (tertiary/aromatic N) is 1. The molecule has 1 aromatic carbocycles. The van der Waals surface area contributed by atoms with Crippen LogP contribution in [0.25, 0.3) is 0 Å². The second kappa shape index (κ2) is 5.41. The summed E-state index contributed by atoms with van der Waals surface area (Å²) in [6, 6.07) is 12.7. The summed E-state index contributed by atoms with van der Waals surface area (Å²) in [6.45, 7) is 3.88. The summed E-state index contributed by atoms with van der Waals surface area (Å²) in [5.74, 6) is 1.48. The number of rotatable bonds is 4. The maximum Gasteiger partial charge on any atom is 0.122 e. The molecule has 1 aliphatic heterocycles. The normalized spacial score (nSPS) is 18.7. The molecule has 0 bridgehead atoms. The van der Waals surface area contributed by atoms with E-state index in [-0.39, 0.29) is 0 Å². The third-order valence-corrected chi connectivity index (χ3v) is 3.68. The van der Waals surface area contributed by atoms with Crippen LogP contribution in [0.4, 0.5) is 0 Å². The van der Waals surface area contributed by atoms with E-state index in [2.05, 4.69) is 41.5 Å². The Morgan fingerprint density at radius 1 is 1.26 bits per heavy atom. The lowest BCUT2D eigenvalue weighted by molar-refractivity contribution is 0.323. The molecule has 0 radical (unpaired) electrons. The fraction of sp³-hybridized carbons (Fsp3) is 0.312. The summed E-state index contributed by atoms with van der Waals surface area (Å²) in [6.07, 6.45) is 3.67. The fourth-order valence-electron chi connectivity index (χ4n) is 2.49. The van der Waals surface area contributed by atoms with Gasteiger partial charge >= 0.3 is 0 Å². The highest BCUT2D eigenvalue weighted by atomic mass is 16.5. The van der Waals surface area contributed by atoms with Crippen LogP contribution < -0.4 is 10.1 Å². The molecule has 0 saturated carbocycles. The number of para-hydroxylation sites is 1. The predicted octanol–water partition coefficient (Wildman–Crippen LogP) is 2.91.